The van der Waals surface area contributed by atoms with Crippen molar-refractivity contribution >= 4 is 5.91 Å². The van der Waals surface area contributed by atoms with Crippen LogP contribution in [0, 0.1) is 11.3 Å². The maximum Gasteiger partial charge on any atom is 0.263 e. The second kappa shape index (κ2) is 10.8. The van der Waals surface area contributed by atoms with Crippen LogP contribution < -0.4 is 5.32 Å². The van der Waals surface area contributed by atoms with Gasteiger partial charge in [0.15, 0.2) is 0 Å². The van der Waals surface area contributed by atoms with Gasteiger partial charge in [-0.1, -0.05) is 39.2 Å². The third-order valence-corrected chi connectivity index (χ3v) is 2.64. The molecule has 0 spiro atoms. The summed E-state index contributed by atoms with van der Waals surface area (Å²) in [5, 5.41) is 11.2. The second-order valence-electron chi connectivity index (χ2n) is 4.21. The Morgan fingerprint density at radius 2 is 2.00 bits per heavy atom. The fourth-order valence-electron chi connectivity index (χ4n) is 1.62. The Morgan fingerprint density at radius 1 is 1.33 bits per heavy atom. The molecule has 0 rings (SSSR count). The number of hydrogen-bond donors (Lipinski definition) is 1. The van der Waals surface area contributed by atoms with E-state index in [0.29, 0.717) is 6.61 Å². The quantitative estimate of drug-likeness (QED) is 0.281. The predicted octanol–water partition coefficient (Wildman–Crippen LogP) is 2.91. The number of rotatable bonds is 10. The summed E-state index contributed by atoms with van der Waals surface area (Å²) in [5.74, 6) is -0.440. The van der Waals surface area contributed by atoms with Crippen molar-refractivity contribution in [3.8, 4) is 6.07 Å². The highest BCUT2D eigenvalue weighted by Crippen LogP contribution is 2.08. The molecule has 1 unspecified atom stereocenters. The number of amides is 1. The number of nitrogens with one attached hydrogen (secondary N) is 1. The van der Waals surface area contributed by atoms with Crippen LogP contribution in [0.2, 0.25) is 0 Å². The van der Waals surface area contributed by atoms with Crippen molar-refractivity contribution in [1.82, 2.24) is 5.32 Å². The molecule has 0 bridgehead atoms. The summed E-state index contributed by atoms with van der Waals surface area (Å²) < 4.78 is 5.43. The maximum atomic E-state index is 11.5. The first-order chi connectivity index (χ1) is 8.65. The molecule has 1 atom stereocenters. The summed E-state index contributed by atoms with van der Waals surface area (Å²) >= 11 is 0. The van der Waals surface area contributed by atoms with Crippen LogP contribution in [0.1, 0.15) is 52.4 Å². The molecular weight excluding hydrogens is 228 g/mol. The van der Waals surface area contributed by atoms with E-state index in [1.54, 1.807) is 6.07 Å². The van der Waals surface area contributed by atoms with Crippen LogP contribution in [0.15, 0.2) is 12.2 Å². The van der Waals surface area contributed by atoms with Crippen LogP contribution >= 0.6 is 0 Å². The van der Waals surface area contributed by atoms with Gasteiger partial charge in [0.1, 0.15) is 17.9 Å². The number of ether oxygens (including phenoxy) is 1. The van der Waals surface area contributed by atoms with Gasteiger partial charge in [0.2, 0.25) is 0 Å². The lowest BCUT2D eigenvalue weighted by atomic mass is 10.1. The molecule has 102 valence electrons. The molecule has 4 heteroatoms. The molecule has 1 N–H and O–H groups in total. The number of carbonyl (C=O) groups excluding carboxylic acids is 1. The molecule has 0 saturated carbocycles. The Kier molecular flexibility index (Phi) is 9.99. The highest BCUT2D eigenvalue weighted by molar-refractivity contribution is 5.96. The van der Waals surface area contributed by atoms with E-state index in [1.807, 2.05) is 6.92 Å². The Bertz CT molecular complexity index is 295. The maximum absolute atomic E-state index is 11.5. The average molecular weight is 252 g/mol. The zero-order chi connectivity index (χ0) is 13.8. The first-order valence-corrected chi connectivity index (χ1v) is 6.67. The fraction of sp³-hybridized carbons (Fsp3) is 0.714. The summed E-state index contributed by atoms with van der Waals surface area (Å²) in [6.45, 7) is 7.98. The van der Waals surface area contributed by atoms with Gasteiger partial charge in [0.25, 0.3) is 5.91 Å². The highest BCUT2D eigenvalue weighted by Gasteiger charge is 2.13. The smallest absolute Gasteiger partial charge is 0.263 e. The monoisotopic (exact) mass is 252 g/mol. The van der Waals surface area contributed by atoms with E-state index in [1.165, 1.54) is 19.3 Å². The Labute approximate surface area is 110 Å². The van der Waals surface area contributed by atoms with Crippen LogP contribution in [0.3, 0.4) is 0 Å². The standard InChI is InChI=1S/C14H24N2O2/c1-4-6-7-8-9-10-13(18-5-2)16-14(17)12(3)11-15/h13H,3-10H2,1-2H3,(H,16,17). The molecule has 0 fully saturated rings. The summed E-state index contributed by atoms with van der Waals surface area (Å²) in [7, 11) is 0. The molecule has 0 aromatic heterocycles. The topological polar surface area (TPSA) is 62.1 Å². The summed E-state index contributed by atoms with van der Waals surface area (Å²) in [5.41, 5.74) is -0.0781. The third kappa shape index (κ3) is 7.86. The number of nitrogens with zero attached hydrogens (tertiary/aromatic N) is 1. The zero-order valence-electron chi connectivity index (χ0n) is 11.5. The lowest BCUT2D eigenvalue weighted by Gasteiger charge is -2.18. The summed E-state index contributed by atoms with van der Waals surface area (Å²) in [4.78, 5) is 11.5. The Morgan fingerprint density at radius 3 is 2.56 bits per heavy atom. The zero-order valence-corrected chi connectivity index (χ0v) is 11.5. The van der Waals surface area contributed by atoms with Gasteiger partial charge in [0.05, 0.1) is 0 Å². The molecule has 0 aliphatic carbocycles. The SMILES string of the molecule is C=C(C#N)C(=O)NC(CCCCCCC)OCC. The first kappa shape index (κ1) is 16.7. The fourth-order valence-corrected chi connectivity index (χ4v) is 1.62. The van der Waals surface area contributed by atoms with E-state index in [9.17, 15) is 4.79 Å². The van der Waals surface area contributed by atoms with Crippen LogP contribution in [0.25, 0.3) is 0 Å². The van der Waals surface area contributed by atoms with Crippen molar-refractivity contribution in [2.24, 2.45) is 0 Å². The second-order valence-corrected chi connectivity index (χ2v) is 4.21. The largest absolute Gasteiger partial charge is 0.359 e. The van der Waals surface area contributed by atoms with E-state index in [4.69, 9.17) is 10.00 Å². The van der Waals surface area contributed by atoms with Gasteiger partial charge in [0, 0.05) is 6.61 Å². The number of unbranched alkanes of at least 4 members (excludes halogenated alkanes) is 4. The van der Waals surface area contributed by atoms with Gasteiger partial charge in [-0.25, -0.2) is 0 Å². The van der Waals surface area contributed by atoms with Crippen LogP contribution in [-0.2, 0) is 9.53 Å². The van der Waals surface area contributed by atoms with E-state index in [0.717, 1.165) is 19.3 Å². The summed E-state index contributed by atoms with van der Waals surface area (Å²) in [6.07, 6.45) is 6.31. The number of carbonyl (C=O) groups is 1. The Balaban J connectivity index is 3.95. The van der Waals surface area contributed by atoms with E-state index in [-0.39, 0.29) is 11.8 Å². The minimum absolute atomic E-state index is 0.0781. The van der Waals surface area contributed by atoms with Gasteiger partial charge in [-0.05, 0) is 19.8 Å². The molecular formula is C14H24N2O2. The van der Waals surface area contributed by atoms with Crippen molar-refractivity contribution in [3.05, 3.63) is 12.2 Å². The molecule has 0 aromatic rings. The minimum atomic E-state index is -0.440. The molecule has 0 radical (unpaired) electrons. The molecule has 0 aromatic carbocycles. The van der Waals surface area contributed by atoms with Gasteiger partial charge >= 0.3 is 0 Å². The molecule has 0 saturated heterocycles. The van der Waals surface area contributed by atoms with Gasteiger partial charge in [-0.3, -0.25) is 4.79 Å². The van der Waals surface area contributed by atoms with Crippen molar-refractivity contribution in [1.29, 1.82) is 5.26 Å². The van der Waals surface area contributed by atoms with E-state index >= 15 is 0 Å². The van der Waals surface area contributed by atoms with Gasteiger partial charge in [-0.15, -0.1) is 0 Å². The first-order valence-electron chi connectivity index (χ1n) is 6.67. The highest BCUT2D eigenvalue weighted by atomic mass is 16.5. The number of nitriles is 1. The molecule has 18 heavy (non-hydrogen) atoms. The van der Waals surface area contributed by atoms with Crippen molar-refractivity contribution < 1.29 is 9.53 Å². The molecule has 1 amide bonds. The van der Waals surface area contributed by atoms with Crippen LogP contribution in [-0.4, -0.2) is 18.7 Å². The lowest BCUT2D eigenvalue weighted by Crippen LogP contribution is -2.37. The molecule has 0 aliphatic heterocycles. The predicted molar refractivity (Wildman–Crippen MR) is 71.7 cm³/mol. The third-order valence-electron chi connectivity index (χ3n) is 2.64. The van der Waals surface area contributed by atoms with Crippen molar-refractivity contribution in [2.75, 3.05) is 6.61 Å². The lowest BCUT2D eigenvalue weighted by molar-refractivity contribution is -0.121. The number of hydrogen-bond acceptors (Lipinski definition) is 3. The Hall–Kier alpha value is -1.34. The van der Waals surface area contributed by atoms with E-state index in [2.05, 4.69) is 18.8 Å². The summed E-state index contributed by atoms with van der Waals surface area (Å²) in [6, 6.07) is 1.73. The normalized spacial score (nSPS) is 11.6. The van der Waals surface area contributed by atoms with Crippen LogP contribution in [0.4, 0.5) is 0 Å². The molecule has 0 heterocycles. The van der Waals surface area contributed by atoms with E-state index < -0.39 is 5.91 Å². The minimum Gasteiger partial charge on any atom is -0.359 e. The molecule has 4 nitrogen and oxygen atoms in total. The van der Waals surface area contributed by atoms with Crippen LogP contribution in [0.5, 0.6) is 0 Å². The molecule has 0 aliphatic rings. The van der Waals surface area contributed by atoms with Gasteiger partial charge < -0.3 is 10.1 Å². The van der Waals surface area contributed by atoms with Crippen molar-refractivity contribution in [3.63, 3.8) is 0 Å². The van der Waals surface area contributed by atoms with Gasteiger partial charge in [-0.2, -0.15) is 5.26 Å². The van der Waals surface area contributed by atoms with Crippen molar-refractivity contribution in [2.45, 2.75) is 58.6 Å². The average Bonchev–Trinajstić information content (AvgIpc) is 2.37.